The molecule has 1 aromatic rings. The molecule has 1 heterocycles. The van der Waals surface area contributed by atoms with Gasteiger partial charge in [-0.25, -0.2) is 4.98 Å². The Bertz CT molecular complexity index is 358. The molecule has 0 bridgehead atoms. The summed E-state index contributed by atoms with van der Waals surface area (Å²) in [6.45, 7) is 6.31. The van der Waals surface area contributed by atoms with Crippen LogP contribution >= 0.6 is 0 Å². The highest BCUT2D eigenvalue weighted by molar-refractivity contribution is 5.38. The van der Waals surface area contributed by atoms with Crippen LogP contribution in [-0.2, 0) is 6.54 Å². The first-order valence-electron chi connectivity index (χ1n) is 6.55. The minimum absolute atomic E-state index is 0.504. The average Bonchev–Trinajstić information content (AvgIpc) is 3.10. The van der Waals surface area contributed by atoms with Crippen molar-refractivity contribution >= 4 is 5.82 Å². The molecule has 1 aromatic heterocycles. The van der Waals surface area contributed by atoms with Crippen molar-refractivity contribution in [2.45, 2.75) is 39.3 Å². The largest absolute Gasteiger partial charge is 0.359 e. The predicted molar refractivity (Wildman–Crippen MR) is 72.2 cm³/mol. The third-order valence-electron chi connectivity index (χ3n) is 3.10. The van der Waals surface area contributed by atoms with Gasteiger partial charge in [0.2, 0.25) is 0 Å². The lowest BCUT2D eigenvalue weighted by Gasteiger charge is -2.18. The lowest BCUT2D eigenvalue weighted by atomic mass is 10.3. The maximum absolute atomic E-state index is 4.69. The molecule has 0 amide bonds. The molecule has 1 saturated carbocycles. The van der Waals surface area contributed by atoms with E-state index in [1.807, 2.05) is 0 Å². The van der Waals surface area contributed by atoms with Crippen LogP contribution in [0.1, 0.15) is 32.4 Å². The maximum Gasteiger partial charge on any atom is 0.128 e. The summed E-state index contributed by atoms with van der Waals surface area (Å²) in [5.74, 6) is 2.00. The van der Waals surface area contributed by atoms with Crippen LogP contribution < -0.4 is 10.2 Å². The van der Waals surface area contributed by atoms with Crippen LogP contribution in [-0.4, -0.2) is 24.6 Å². The number of anilines is 1. The Morgan fingerprint density at radius 1 is 1.41 bits per heavy atom. The van der Waals surface area contributed by atoms with Crippen molar-refractivity contribution in [3.05, 3.63) is 23.9 Å². The van der Waals surface area contributed by atoms with Gasteiger partial charge < -0.3 is 10.2 Å². The molecule has 0 radical (unpaired) electrons. The van der Waals surface area contributed by atoms with Gasteiger partial charge in [-0.15, -0.1) is 0 Å². The summed E-state index contributed by atoms with van der Waals surface area (Å²) in [5, 5.41) is 3.40. The summed E-state index contributed by atoms with van der Waals surface area (Å²) in [5.41, 5.74) is 1.12. The molecular weight excluding hydrogens is 210 g/mol. The van der Waals surface area contributed by atoms with E-state index in [9.17, 15) is 0 Å². The first-order chi connectivity index (χ1) is 8.15. The molecule has 0 aliphatic heterocycles. The topological polar surface area (TPSA) is 28.2 Å². The lowest BCUT2D eigenvalue weighted by molar-refractivity contribution is 0.581. The van der Waals surface area contributed by atoms with Gasteiger partial charge in [0.25, 0.3) is 0 Å². The molecule has 3 nitrogen and oxygen atoms in total. The number of rotatable bonds is 6. The van der Waals surface area contributed by atoms with Crippen molar-refractivity contribution in [1.82, 2.24) is 10.3 Å². The van der Waals surface area contributed by atoms with Gasteiger partial charge in [-0.2, -0.15) is 0 Å². The van der Waals surface area contributed by atoms with Gasteiger partial charge in [-0.1, -0.05) is 19.9 Å². The zero-order chi connectivity index (χ0) is 12.3. The summed E-state index contributed by atoms with van der Waals surface area (Å²) in [6.07, 6.45) is 2.78. The molecule has 1 N–H and O–H groups in total. The highest BCUT2D eigenvalue weighted by Crippen LogP contribution is 2.30. The molecule has 1 fully saturated rings. The van der Waals surface area contributed by atoms with Gasteiger partial charge in [-0.3, -0.25) is 0 Å². The van der Waals surface area contributed by atoms with Gasteiger partial charge in [0.05, 0.1) is 5.69 Å². The summed E-state index contributed by atoms with van der Waals surface area (Å²) in [4.78, 5) is 6.96. The van der Waals surface area contributed by atoms with Crippen LogP contribution in [0.15, 0.2) is 18.2 Å². The molecule has 17 heavy (non-hydrogen) atoms. The standard InChI is InChI=1S/C14H23N3/c1-11(2)15-9-13-5-4-6-14(16-13)17(3)10-12-7-8-12/h4-6,11-12,15H,7-10H2,1-3H3. The van der Waals surface area contributed by atoms with E-state index in [-0.39, 0.29) is 0 Å². The zero-order valence-electron chi connectivity index (χ0n) is 11.1. The molecule has 0 spiro atoms. The first-order valence-corrected chi connectivity index (χ1v) is 6.55. The van der Waals surface area contributed by atoms with Crippen molar-refractivity contribution in [3.63, 3.8) is 0 Å². The second-order valence-corrected chi connectivity index (χ2v) is 5.35. The molecule has 3 heteroatoms. The van der Waals surface area contributed by atoms with E-state index in [0.717, 1.165) is 30.5 Å². The van der Waals surface area contributed by atoms with Crippen LogP contribution in [0.5, 0.6) is 0 Å². The SMILES string of the molecule is CC(C)NCc1cccc(N(C)CC2CC2)n1. The van der Waals surface area contributed by atoms with E-state index in [1.165, 1.54) is 12.8 Å². The van der Waals surface area contributed by atoms with Crippen LogP contribution in [0.4, 0.5) is 5.82 Å². The van der Waals surface area contributed by atoms with Crippen LogP contribution in [0.3, 0.4) is 0 Å². The molecule has 0 atom stereocenters. The fourth-order valence-electron chi connectivity index (χ4n) is 1.87. The smallest absolute Gasteiger partial charge is 0.128 e. The first kappa shape index (κ1) is 12.4. The van der Waals surface area contributed by atoms with Gasteiger partial charge in [0.15, 0.2) is 0 Å². The van der Waals surface area contributed by atoms with E-state index in [1.54, 1.807) is 0 Å². The number of nitrogens with one attached hydrogen (secondary N) is 1. The van der Waals surface area contributed by atoms with Gasteiger partial charge >= 0.3 is 0 Å². The molecular formula is C14H23N3. The highest BCUT2D eigenvalue weighted by Gasteiger charge is 2.23. The van der Waals surface area contributed by atoms with Gasteiger partial charge in [0, 0.05) is 26.2 Å². The van der Waals surface area contributed by atoms with Crippen molar-refractivity contribution in [2.75, 3.05) is 18.5 Å². The van der Waals surface area contributed by atoms with Crippen LogP contribution in [0.25, 0.3) is 0 Å². The third kappa shape index (κ3) is 4.00. The Morgan fingerprint density at radius 2 is 2.18 bits per heavy atom. The summed E-state index contributed by atoms with van der Waals surface area (Å²) in [6, 6.07) is 6.79. The van der Waals surface area contributed by atoms with E-state index < -0.39 is 0 Å². The minimum atomic E-state index is 0.504. The molecule has 0 saturated heterocycles. The normalized spacial score (nSPS) is 15.3. The van der Waals surface area contributed by atoms with E-state index in [0.29, 0.717) is 6.04 Å². The Morgan fingerprint density at radius 3 is 2.82 bits per heavy atom. The zero-order valence-corrected chi connectivity index (χ0v) is 11.1. The van der Waals surface area contributed by atoms with Crippen molar-refractivity contribution < 1.29 is 0 Å². The maximum atomic E-state index is 4.69. The Kier molecular flexibility index (Phi) is 4.00. The quantitative estimate of drug-likeness (QED) is 0.818. The van der Waals surface area contributed by atoms with E-state index in [2.05, 4.69) is 54.3 Å². The minimum Gasteiger partial charge on any atom is -0.359 e. The Labute approximate surface area is 104 Å². The fourth-order valence-corrected chi connectivity index (χ4v) is 1.87. The van der Waals surface area contributed by atoms with Crippen LogP contribution in [0, 0.1) is 5.92 Å². The van der Waals surface area contributed by atoms with Crippen molar-refractivity contribution in [2.24, 2.45) is 5.92 Å². The lowest BCUT2D eigenvalue weighted by Crippen LogP contribution is -2.24. The monoisotopic (exact) mass is 233 g/mol. The van der Waals surface area contributed by atoms with E-state index in [4.69, 9.17) is 0 Å². The van der Waals surface area contributed by atoms with Gasteiger partial charge in [-0.05, 0) is 30.9 Å². The Balaban J connectivity index is 1.94. The third-order valence-corrected chi connectivity index (χ3v) is 3.10. The highest BCUT2D eigenvalue weighted by atomic mass is 15.2. The predicted octanol–water partition coefficient (Wildman–Crippen LogP) is 2.43. The van der Waals surface area contributed by atoms with Gasteiger partial charge in [0.1, 0.15) is 5.82 Å². The number of nitrogens with zero attached hydrogens (tertiary/aromatic N) is 2. The summed E-state index contributed by atoms with van der Waals surface area (Å²) < 4.78 is 0. The average molecular weight is 233 g/mol. The molecule has 1 aliphatic carbocycles. The van der Waals surface area contributed by atoms with E-state index >= 15 is 0 Å². The molecule has 1 aliphatic rings. The number of hydrogen-bond donors (Lipinski definition) is 1. The van der Waals surface area contributed by atoms with Crippen molar-refractivity contribution in [3.8, 4) is 0 Å². The molecule has 94 valence electrons. The van der Waals surface area contributed by atoms with Crippen LogP contribution in [0.2, 0.25) is 0 Å². The number of hydrogen-bond acceptors (Lipinski definition) is 3. The fraction of sp³-hybridized carbons (Fsp3) is 0.643. The molecule has 0 aromatic carbocycles. The van der Waals surface area contributed by atoms with Crippen molar-refractivity contribution in [1.29, 1.82) is 0 Å². The second kappa shape index (κ2) is 5.50. The summed E-state index contributed by atoms with van der Waals surface area (Å²) >= 11 is 0. The second-order valence-electron chi connectivity index (χ2n) is 5.35. The molecule has 0 unspecified atom stereocenters. The Hall–Kier alpha value is -1.09. The number of aromatic nitrogens is 1. The molecule has 2 rings (SSSR count). The number of pyridine rings is 1. The summed E-state index contributed by atoms with van der Waals surface area (Å²) in [7, 11) is 2.14.